The molecule has 0 spiro atoms. The van der Waals surface area contributed by atoms with Gasteiger partial charge >= 0.3 is 0 Å². The maximum absolute atomic E-state index is 11.5. The van der Waals surface area contributed by atoms with Crippen molar-refractivity contribution in [2.45, 2.75) is 19.4 Å². The molecule has 2 nitrogen and oxygen atoms in total. The molecule has 0 aliphatic rings. The zero-order valence-electron chi connectivity index (χ0n) is 5.56. The second-order valence-electron chi connectivity index (χ2n) is 2.16. The van der Waals surface area contributed by atoms with Crippen molar-refractivity contribution in [3.05, 3.63) is 6.42 Å². The molecule has 0 rings (SSSR count). The normalized spacial score (nSPS) is 11.4. The Bertz CT molecular complexity index is 91.1. The first-order valence-electron chi connectivity index (χ1n) is 2.62. The zero-order chi connectivity index (χ0) is 7.33. The minimum atomic E-state index is -0.864. The van der Waals surface area contributed by atoms with Gasteiger partial charge in [0, 0.05) is 0 Å². The molecule has 9 heavy (non-hydrogen) atoms. The van der Waals surface area contributed by atoms with Gasteiger partial charge in [0.1, 0.15) is 6.29 Å². The third-order valence-electron chi connectivity index (χ3n) is 0.896. The van der Waals surface area contributed by atoms with Crippen molar-refractivity contribution >= 4 is 6.29 Å². The van der Waals surface area contributed by atoms with Crippen LogP contribution in [0.1, 0.15) is 13.8 Å². The Morgan fingerprint density at radius 2 is 2.22 bits per heavy atom. The van der Waals surface area contributed by atoms with Crippen molar-refractivity contribution < 1.29 is 13.9 Å². The standard InChI is InChI=1S/C6H10FO2/c1-6(2,3-4-8)9-5-7/h3-4H,5H2,1-2H3. The van der Waals surface area contributed by atoms with E-state index in [4.69, 9.17) is 0 Å². The van der Waals surface area contributed by atoms with Crippen LogP contribution in [-0.4, -0.2) is 18.7 Å². The Labute approximate surface area is 54.0 Å². The molecule has 0 amide bonds. The van der Waals surface area contributed by atoms with Gasteiger partial charge in [0.2, 0.25) is 0 Å². The van der Waals surface area contributed by atoms with Crippen molar-refractivity contribution in [3.63, 3.8) is 0 Å². The molecule has 53 valence electrons. The van der Waals surface area contributed by atoms with Crippen molar-refractivity contribution in [3.8, 4) is 0 Å². The molecule has 0 aliphatic carbocycles. The fraction of sp³-hybridized carbons (Fsp3) is 0.667. The second-order valence-corrected chi connectivity index (χ2v) is 2.16. The van der Waals surface area contributed by atoms with Gasteiger partial charge < -0.3 is 9.53 Å². The molecule has 1 radical (unpaired) electrons. The maximum Gasteiger partial charge on any atom is 0.188 e. The smallest absolute Gasteiger partial charge is 0.188 e. The van der Waals surface area contributed by atoms with Gasteiger partial charge in [0.25, 0.3) is 0 Å². The summed E-state index contributed by atoms with van der Waals surface area (Å²) < 4.78 is 16.0. The van der Waals surface area contributed by atoms with Gasteiger partial charge in [0.05, 0.1) is 12.0 Å². The van der Waals surface area contributed by atoms with Crippen LogP contribution >= 0.6 is 0 Å². The molecular formula is C6H10FO2. The SMILES string of the molecule is CC(C)([CH]C=O)OCF. The van der Waals surface area contributed by atoms with Gasteiger partial charge in [-0.15, -0.1) is 0 Å². The van der Waals surface area contributed by atoms with Gasteiger partial charge in [-0.25, -0.2) is 4.39 Å². The van der Waals surface area contributed by atoms with E-state index in [1.54, 1.807) is 13.8 Å². The van der Waals surface area contributed by atoms with E-state index in [2.05, 4.69) is 4.74 Å². The van der Waals surface area contributed by atoms with Crippen molar-refractivity contribution in [1.29, 1.82) is 0 Å². The van der Waals surface area contributed by atoms with E-state index in [1.807, 2.05) is 0 Å². The fourth-order valence-electron chi connectivity index (χ4n) is 0.353. The molecule has 0 unspecified atom stereocenters. The summed E-state index contributed by atoms with van der Waals surface area (Å²) >= 11 is 0. The molecular weight excluding hydrogens is 123 g/mol. The molecule has 0 fully saturated rings. The van der Waals surface area contributed by atoms with Crippen LogP contribution in [0, 0.1) is 6.42 Å². The Hall–Kier alpha value is -0.440. The highest BCUT2D eigenvalue weighted by Gasteiger charge is 2.17. The highest BCUT2D eigenvalue weighted by molar-refractivity contribution is 5.63. The second kappa shape index (κ2) is 3.56. The first-order chi connectivity index (χ1) is 4.12. The quantitative estimate of drug-likeness (QED) is 0.537. The third-order valence-corrected chi connectivity index (χ3v) is 0.896. The van der Waals surface area contributed by atoms with Crippen molar-refractivity contribution in [2.75, 3.05) is 6.86 Å². The summed E-state index contributed by atoms with van der Waals surface area (Å²) in [5, 5.41) is 0. The topological polar surface area (TPSA) is 26.3 Å². The molecule has 0 aliphatic heterocycles. The van der Waals surface area contributed by atoms with Crippen LogP contribution < -0.4 is 0 Å². The molecule has 0 saturated carbocycles. The Morgan fingerprint density at radius 3 is 2.56 bits per heavy atom. The average molecular weight is 133 g/mol. The summed E-state index contributed by atoms with van der Waals surface area (Å²) in [5.74, 6) is 0. The minimum absolute atomic E-state index is 0.593. The van der Waals surface area contributed by atoms with Crippen LogP contribution in [0.5, 0.6) is 0 Å². The highest BCUT2D eigenvalue weighted by Crippen LogP contribution is 2.10. The van der Waals surface area contributed by atoms with E-state index in [0.717, 1.165) is 0 Å². The number of carbonyl (C=O) groups is 1. The summed E-state index contributed by atoms with van der Waals surface area (Å²) in [6.07, 6.45) is 1.85. The molecule has 0 heterocycles. The molecule has 0 bridgehead atoms. The predicted molar refractivity (Wildman–Crippen MR) is 31.5 cm³/mol. The Balaban J connectivity index is 3.55. The van der Waals surface area contributed by atoms with E-state index in [-0.39, 0.29) is 0 Å². The molecule has 0 aromatic rings. The van der Waals surface area contributed by atoms with E-state index in [0.29, 0.717) is 6.29 Å². The number of rotatable bonds is 4. The van der Waals surface area contributed by atoms with Crippen LogP contribution in [0.15, 0.2) is 0 Å². The Morgan fingerprint density at radius 1 is 1.67 bits per heavy atom. The fourth-order valence-corrected chi connectivity index (χ4v) is 0.353. The van der Waals surface area contributed by atoms with E-state index in [1.165, 1.54) is 6.42 Å². The number of ether oxygens (including phenoxy) is 1. The lowest BCUT2D eigenvalue weighted by atomic mass is 10.1. The van der Waals surface area contributed by atoms with E-state index >= 15 is 0 Å². The van der Waals surface area contributed by atoms with Crippen LogP contribution in [0.2, 0.25) is 0 Å². The minimum Gasteiger partial charge on any atom is -0.344 e. The summed E-state index contributed by atoms with van der Waals surface area (Å²) in [6, 6.07) is 0. The number of aldehydes is 1. The summed E-state index contributed by atoms with van der Waals surface area (Å²) in [4.78, 5) is 9.84. The molecule has 0 atom stereocenters. The highest BCUT2D eigenvalue weighted by atomic mass is 19.1. The average Bonchev–Trinajstić information content (AvgIpc) is 1.64. The molecule has 0 aromatic heterocycles. The van der Waals surface area contributed by atoms with Gasteiger partial charge in [-0.1, -0.05) is 0 Å². The lowest BCUT2D eigenvalue weighted by Gasteiger charge is -2.19. The van der Waals surface area contributed by atoms with Crippen LogP contribution in [-0.2, 0) is 9.53 Å². The summed E-state index contributed by atoms with van der Waals surface area (Å²) in [6.45, 7) is 2.36. The number of carbonyl (C=O) groups excluding carboxylic acids is 1. The van der Waals surface area contributed by atoms with Crippen molar-refractivity contribution in [2.24, 2.45) is 0 Å². The zero-order valence-corrected chi connectivity index (χ0v) is 5.56. The number of alkyl halides is 1. The molecule has 3 heteroatoms. The lowest BCUT2D eigenvalue weighted by molar-refractivity contribution is -0.109. The third kappa shape index (κ3) is 4.09. The van der Waals surface area contributed by atoms with Crippen LogP contribution in [0.3, 0.4) is 0 Å². The largest absolute Gasteiger partial charge is 0.344 e. The van der Waals surface area contributed by atoms with Crippen LogP contribution in [0.4, 0.5) is 4.39 Å². The van der Waals surface area contributed by atoms with Gasteiger partial charge in [-0.05, 0) is 13.8 Å². The number of halogens is 1. The van der Waals surface area contributed by atoms with Gasteiger partial charge in [-0.2, -0.15) is 0 Å². The number of hydrogen-bond donors (Lipinski definition) is 0. The van der Waals surface area contributed by atoms with Crippen LogP contribution in [0.25, 0.3) is 0 Å². The van der Waals surface area contributed by atoms with E-state index in [9.17, 15) is 9.18 Å². The first kappa shape index (κ1) is 8.56. The summed E-state index contributed by atoms with van der Waals surface area (Å²) in [7, 11) is 0. The predicted octanol–water partition coefficient (Wildman–Crippen LogP) is 1.11. The first-order valence-corrected chi connectivity index (χ1v) is 2.62. The molecule has 0 aromatic carbocycles. The van der Waals surface area contributed by atoms with E-state index < -0.39 is 12.5 Å². The summed E-state index contributed by atoms with van der Waals surface area (Å²) in [5.41, 5.74) is -0.767. The molecule has 0 N–H and O–H groups in total. The van der Waals surface area contributed by atoms with Crippen molar-refractivity contribution in [1.82, 2.24) is 0 Å². The Kier molecular flexibility index (Phi) is 3.39. The molecule has 0 saturated heterocycles. The lowest BCUT2D eigenvalue weighted by Crippen LogP contribution is -2.25. The number of hydrogen-bond acceptors (Lipinski definition) is 2. The van der Waals surface area contributed by atoms with Gasteiger partial charge in [-0.3, -0.25) is 0 Å². The monoisotopic (exact) mass is 133 g/mol. The van der Waals surface area contributed by atoms with Gasteiger partial charge in [0.15, 0.2) is 6.86 Å². The maximum atomic E-state index is 11.5.